The van der Waals surface area contributed by atoms with E-state index in [2.05, 4.69) is 26.7 Å². The first-order valence-electron chi connectivity index (χ1n) is 9.82. The molecule has 0 saturated heterocycles. The molecule has 2 rings (SSSR count). The van der Waals surface area contributed by atoms with E-state index in [-0.39, 0.29) is 23.6 Å². The molecule has 0 unspecified atom stereocenters. The maximum atomic E-state index is 11.3. The molecule has 4 nitrogen and oxygen atoms in total. The van der Waals surface area contributed by atoms with Crippen molar-refractivity contribution < 1.29 is 18.7 Å². The highest BCUT2D eigenvalue weighted by Gasteiger charge is 2.37. The highest BCUT2D eigenvalue weighted by Crippen LogP contribution is 2.40. The van der Waals surface area contributed by atoms with Gasteiger partial charge in [-0.3, -0.25) is 4.79 Å². The van der Waals surface area contributed by atoms with E-state index in [1.54, 1.807) is 13.1 Å². The molecule has 154 valence electrons. The molecule has 1 aromatic rings. The second-order valence-corrected chi connectivity index (χ2v) is 10.5. The average molecular weight is 403 g/mol. The third-order valence-corrected chi connectivity index (χ3v) is 4.78. The molecule has 3 atom stereocenters. The molecule has 1 aliphatic carbocycles. The summed E-state index contributed by atoms with van der Waals surface area (Å²) >= 11 is 0. The Morgan fingerprint density at radius 2 is 1.68 bits per heavy atom. The van der Waals surface area contributed by atoms with Crippen LogP contribution >= 0.6 is 0 Å². The average Bonchev–Trinajstić information content (AvgIpc) is 2.58. The number of esters is 1. The fourth-order valence-electron chi connectivity index (χ4n) is 3.30. The molecule has 28 heavy (non-hydrogen) atoms. The lowest BCUT2D eigenvalue weighted by Gasteiger charge is -2.40. The lowest BCUT2D eigenvalue weighted by Crippen LogP contribution is -2.39. The van der Waals surface area contributed by atoms with Gasteiger partial charge in [-0.05, 0) is 55.0 Å². The van der Waals surface area contributed by atoms with Gasteiger partial charge in [-0.25, -0.2) is 0 Å². The second kappa shape index (κ2) is 11.3. The Labute approximate surface area is 171 Å². The summed E-state index contributed by atoms with van der Waals surface area (Å²) in [4.78, 5) is 11.3. The Kier molecular flexibility index (Phi) is 9.78. The van der Waals surface area contributed by atoms with E-state index in [9.17, 15) is 9.26 Å². The van der Waals surface area contributed by atoms with Crippen molar-refractivity contribution in [2.45, 2.75) is 78.9 Å². The van der Waals surface area contributed by atoms with E-state index in [0.717, 1.165) is 30.4 Å². The highest BCUT2D eigenvalue weighted by molar-refractivity contribution is 6.38. The van der Waals surface area contributed by atoms with Crippen LogP contribution in [0.2, 0.25) is 13.1 Å². The fraction of sp³-hybridized carbons (Fsp3) is 0.609. The fourth-order valence-corrected chi connectivity index (χ4v) is 3.30. The Morgan fingerprint density at radius 3 is 2.14 bits per heavy atom. The van der Waals surface area contributed by atoms with Crippen molar-refractivity contribution in [1.29, 1.82) is 0 Å². The van der Waals surface area contributed by atoms with E-state index in [1.165, 1.54) is 6.92 Å². The third-order valence-electron chi connectivity index (χ3n) is 4.78. The number of benzene rings is 1. The van der Waals surface area contributed by atoms with Gasteiger partial charge in [0.2, 0.25) is 0 Å². The molecule has 1 saturated carbocycles. The lowest BCUT2D eigenvalue weighted by molar-refractivity contribution is -0.153. The van der Waals surface area contributed by atoms with Gasteiger partial charge in [-0.2, -0.15) is 0 Å². The third kappa shape index (κ3) is 9.43. The summed E-state index contributed by atoms with van der Waals surface area (Å²) in [6, 6.07) is 7.87. The van der Waals surface area contributed by atoms with Gasteiger partial charge in [-0.15, -0.1) is 6.42 Å². The van der Waals surface area contributed by atoms with Crippen LogP contribution in [-0.2, 0) is 25.3 Å². The van der Waals surface area contributed by atoms with Crippen LogP contribution in [0.4, 0.5) is 0 Å². The predicted molar refractivity (Wildman–Crippen MR) is 113 cm³/mol. The van der Waals surface area contributed by atoms with Gasteiger partial charge in [0.15, 0.2) is 0 Å². The van der Waals surface area contributed by atoms with Crippen LogP contribution in [0.5, 0.6) is 0 Å². The molecule has 0 aromatic heterocycles. The van der Waals surface area contributed by atoms with Crippen LogP contribution in [0.15, 0.2) is 24.3 Å². The summed E-state index contributed by atoms with van der Waals surface area (Å²) in [5.74, 6) is 2.88. The summed E-state index contributed by atoms with van der Waals surface area (Å²) < 4.78 is 21.3. The van der Waals surface area contributed by atoms with Crippen molar-refractivity contribution in [1.82, 2.24) is 0 Å². The second-order valence-electron chi connectivity index (χ2n) is 8.68. The molecule has 5 heteroatoms. The molecule has 0 aliphatic heterocycles. The molecule has 1 aromatic carbocycles. The van der Waals surface area contributed by atoms with E-state index in [0.29, 0.717) is 12.5 Å². The molecule has 0 spiro atoms. The Bertz CT molecular complexity index is 678. The number of rotatable bonds is 4. The Morgan fingerprint density at radius 1 is 1.14 bits per heavy atom. The number of carbonyl (C=O) groups is 1. The first-order valence-corrected chi connectivity index (χ1v) is 12.2. The minimum Gasteiger partial charge on any atom is -0.462 e. The van der Waals surface area contributed by atoms with Crippen molar-refractivity contribution in [2.75, 3.05) is 0 Å². The van der Waals surface area contributed by atoms with E-state index in [4.69, 9.17) is 15.9 Å². The molecular formula is C23H34O4Si. The number of hydrogen-bond donors (Lipinski definition) is 0. The van der Waals surface area contributed by atoms with Crippen LogP contribution in [0.3, 0.4) is 0 Å². The smallest absolute Gasteiger partial charge is 0.302 e. The van der Waals surface area contributed by atoms with Gasteiger partial charge in [0, 0.05) is 18.9 Å². The van der Waals surface area contributed by atoms with Crippen molar-refractivity contribution in [2.24, 2.45) is 11.3 Å². The SMILES string of the molecule is C#Cc1ccc(CO[C@H]2C[C@H](OC(C)=O)C[C@@H](C(C)(C)C)C2)cc1.C[Si](C)=O. The largest absolute Gasteiger partial charge is 0.462 e. The van der Waals surface area contributed by atoms with E-state index < -0.39 is 8.68 Å². The maximum absolute atomic E-state index is 11.3. The van der Waals surface area contributed by atoms with E-state index in [1.807, 2.05) is 24.3 Å². The van der Waals surface area contributed by atoms with Crippen LogP contribution in [0.25, 0.3) is 0 Å². The molecule has 0 amide bonds. The van der Waals surface area contributed by atoms with Gasteiger partial charge < -0.3 is 13.9 Å². The van der Waals surface area contributed by atoms with Gasteiger partial charge in [0.05, 0.1) is 12.7 Å². The van der Waals surface area contributed by atoms with Gasteiger partial charge in [0.1, 0.15) is 6.10 Å². The first-order chi connectivity index (χ1) is 13.0. The van der Waals surface area contributed by atoms with Gasteiger partial charge >= 0.3 is 5.97 Å². The summed E-state index contributed by atoms with van der Waals surface area (Å²) in [5.41, 5.74) is 2.16. The summed E-state index contributed by atoms with van der Waals surface area (Å²) in [5, 5.41) is 0. The normalized spacial score (nSPS) is 21.7. The standard InChI is InChI=1S/C21H28O3.C2H6OSi/c1-6-16-7-9-17(10-8-16)14-23-19-11-18(21(3,4)5)12-20(13-19)24-15(2)22;1-4(2)3/h1,7-10,18-20H,11-14H2,2-5H3;1-2H3/t18-,19+,20+;/m0./s1. The number of terminal acetylenes is 1. The van der Waals surface area contributed by atoms with Crippen LogP contribution in [-0.4, -0.2) is 26.9 Å². The minimum atomic E-state index is -1.13. The highest BCUT2D eigenvalue weighted by atomic mass is 28.2. The van der Waals surface area contributed by atoms with Crippen molar-refractivity contribution in [3.8, 4) is 12.3 Å². The summed E-state index contributed by atoms with van der Waals surface area (Å²) in [6.45, 7) is 12.2. The molecule has 1 aliphatic rings. The number of carbonyl (C=O) groups excluding carboxylic acids is 1. The van der Waals surface area contributed by atoms with Crippen LogP contribution in [0.1, 0.15) is 58.1 Å². The molecule has 0 heterocycles. The van der Waals surface area contributed by atoms with Crippen molar-refractivity contribution >= 4 is 14.7 Å². The van der Waals surface area contributed by atoms with Gasteiger partial charge in [0.25, 0.3) is 8.68 Å². The number of hydrogen-bond acceptors (Lipinski definition) is 4. The maximum Gasteiger partial charge on any atom is 0.302 e. The molecule has 0 radical (unpaired) electrons. The van der Waals surface area contributed by atoms with Crippen LogP contribution in [0, 0.1) is 23.7 Å². The zero-order valence-corrected chi connectivity index (χ0v) is 19.1. The summed E-state index contributed by atoms with van der Waals surface area (Å²) in [7, 11) is -1.13. The number of ether oxygens (including phenoxy) is 2. The first kappa shape index (κ1) is 24.3. The molecule has 0 N–H and O–H groups in total. The van der Waals surface area contributed by atoms with Gasteiger partial charge in [-0.1, -0.05) is 38.8 Å². The quantitative estimate of drug-likeness (QED) is 0.404. The van der Waals surface area contributed by atoms with Crippen molar-refractivity contribution in [3.05, 3.63) is 35.4 Å². The van der Waals surface area contributed by atoms with E-state index >= 15 is 0 Å². The topological polar surface area (TPSA) is 52.6 Å². The van der Waals surface area contributed by atoms with Crippen LogP contribution < -0.4 is 0 Å². The minimum absolute atomic E-state index is 0.0470. The monoisotopic (exact) mass is 402 g/mol. The molecule has 0 bridgehead atoms. The molecular weight excluding hydrogens is 368 g/mol. The Hall–Kier alpha value is -1.77. The zero-order valence-electron chi connectivity index (χ0n) is 18.1. The predicted octanol–water partition coefficient (Wildman–Crippen LogP) is 5.00. The Balaban J connectivity index is 0.000000892. The molecule has 1 fully saturated rings. The lowest BCUT2D eigenvalue weighted by atomic mass is 9.70. The van der Waals surface area contributed by atoms with Crippen molar-refractivity contribution in [3.63, 3.8) is 0 Å². The summed E-state index contributed by atoms with van der Waals surface area (Å²) in [6.07, 6.45) is 8.14. The zero-order chi connectivity index (χ0) is 21.3.